The van der Waals surface area contributed by atoms with Crippen LogP contribution in [0.25, 0.3) is 0 Å². The molecule has 2 atom stereocenters. The molecule has 0 amide bonds. The maximum Gasteiger partial charge on any atom is 0.303 e. The molecule has 0 fully saturated rings. The number of rotatable bonds is 8. The number of hydrogen-bond donors (Lipinski definition) is 2. The van der Waals surface area contributed by atoms with E-state index in [1.807, 2.05) is 18.2 Å². The molecule has 19 heavy (non-hydrogen) atoms. The lowest BCUT2D eigenvalue weighted by atomic mass is 9.93. The highest BCUT2D eigenvalue weighted by Gasteiger charge is 2.16. The minimum absolute atomic E-state index is 0.198. The number of nitrogens with one attached hydrogen (secondary N) is 1. The van der Waals surface area contributed by atoms with Gasteiger partial charge in [0.2, 0.25) is 0 Å². The summed E-state index contributed by atoms with van der Waals surface area (Å²) in [6.07, 6.45) is 1.19. The number of hydrogen-bond acceptors (Lipinski definition) is 2. The standard InChI is InChI=1S/C16H25NO2/c1-12(2)9-14(10-16(18)19)11-17-13(3)15-7-5-4-6-8-15/h4-8,12-14,17H,9-11H2,1-3H3,(H,18,19)/t13-,14-/m1/s1. The highest BCUT2D eigenvalue weighted by molar-refractivity contribution is 5.67. The van der Waals surface area contributed by atoms with Crippen LogP contribution < -0.4 is 5.32 Å². The van der Waals surface area contributed by atoms with Crippen molar-refractivity contribution in [2.75, 3.05) is 6.54 Å². The number of benzene rings is 1. The van der Waals surface area contributed by atoms with E-state index in [1.165, 1.54) is 5.56 Å². The zero-order chi connectivity index (χ0) is 14.3. The van der Waals surface area contributed by atoms with Gasteiger partial charge in [-0.1, -0.05) is 44.2 Å². The Hall–Kier alpha value is -1.35. The molecular formula is C16H25NO2. The molecule has 1 aromatic rings. The molecule has 0 unspecified atom stereocenters. The quantitative estimate of drug-likeness (QED) is 0.755. The van der Waals surface area contributed by atoms with Crippen LogP contribution in [0.15, 0.2) is 30.3 Å². The average Bonchev–Trinajstić information content (AvgIpc) is 2.35. The molecule has 0 aromatic heterocycles. The third-order valence-corrected chi connectivity index (χ3v) is 3.28. The van der Waals surface area contributed by atoms with Crippen LogP contribution in [0.4, 0.5) is 0 Å². The van der Waals surface area contributed by atoms with Crippen molar-refractivity contribution in [3.63, 3.8) is 0 Å². The normalized spacial score (nSPS) is 14.3. The van der Waals surface area contributed by atoms with Gasteiger partial charge in [-0.15, -0.1) is 0 Å². The Morgan fingerprint density at radius 2 is 1.84 bits per heavy atom. The second-order valence-electron chi connectivity index (χ2n) is 5.63. The van der Waals surface area contributed by atoms with Crippen LogP contribution in [0.2, 0.25) is 0 Å². The molecule has 0 bridgehead atoms. The molecular weight excluding hydrogens is 238 g/mol. The number of carbonyl (C=O) groups is 1. The van der Waals surface area contributed by atoms with Crippen LogP contribution in [0.5, 0.6) is 0 Å². The maximum atomic E-state index is 10.9. The van der Waals surface area contributed by atoms with Crippen LogP contribution in [0, 0.1) is 11.8 Å². The molecule has 0 radical (unpaired) electrons. The van der Waals surface area contributed by atoms with Gasteiger partial charge in [-0.25, -0.2) is 0 Å². The van der Waals surface area contributed by atoms with Crippen molar-refractivity contribution in [3.8, 4) is 0 Å². The molecule has 0 aliphatic carbocycles. The summed E-state index contributed by atoms with van der Waals surface area (Å²) in [6, 6.07) is 10.5. The van der Waals surface area contributed by atoms with Crippen molar-refractivity contribution in [1.29, 1.82) is 0 Å². The molecule has 0 saturated carbocycles. The van der Waals surface area contributed by atoms with Crippen molar-refractivity contribution in [2.45, 2.75) is 39.7 Å². The summed E-state index contributed by atoms with van der Waals surface area (Å²) in [6.45, 7) is 7.13. The number of carboxylic acid groups (broad SMARTS) is 1. The summed E-state index contributed by atoms with van der Waals surface area (Å²) in [5, 5.41) is 12.4. The lowest BCUT2D eigenvalue weighted by Crippen LogP contribution is -2.28. The summed E-state index contributed by atoms with van der Waals surface area (Å²) in [5.74, 6) is 0.0154. The first-order chi connectivity index (χ1) is 8.99. The minimum Gasteiger partial charge on any atom is -0.481 e. The van der Waals surface area contributed by atoms with Crippen molar-refractivity contribution in [2.24, 2.45) is 11.8 Å². The van der Waals surface area contributed by atoms with Crippen LogP contribution >= 0.6 is 0 Å². The summed E-state index contributed by atoms with van der Waals surface area (Å²) >= 11 is 0. The molecule has 1 aromatic carbocycles. The summed E-state index contributed by atoms with van der Waals surface area (Å²) in [7, 11) is 0. The van der Waals surface area contributed by atoms with E-state index in [9.17, 15) is 4.79 Å². The van der Waals surface area contributed by atoms with E-state index in [-0.39, 0.29) is 18.4 Å². The first-order valence-electron chi connectivity index (χ1n) is 6.99. The molecule has 0 spiro atoms. The Bertz CT molecular complexity index is 376. The molecule has 0 aliphatic rings. The first kappa shape index (κ1) is 15.7. The minimum atomic E-state index is -0.709. The second kappa shape index (κ2) is 7.95. The van der Waals surface area contributed by atoms with Gasteiger partial charge < -0.3 is 10.4 Å². The molecule has 2 N–H and O–H groups in total. The van der Waals surface area contributed by atoms with Crippen LogP contribution in [0.3, 0.4) is 0 Å². The third-order valence-electron chi connectivity index (χ3n) is 3.28. The Labute approximate surface area is 116 Å². The van der Waals surface area contributed by atoms with Gasteiger partial charge in [-0.3, -0.25) is 4.79 Å². The lowest BCUT2D eigenvalue weighted by molar-refractivity contribution is -0.138. The van der Waals surface area contributed by atoms with Gasteiger partial charge in [0, 0.05) is 12.5 Å². The average molecular weight is 263 g/mol. The fraction of sp³-hybridized carbons (Fsp3) is 0.562. The second-order valence-corrected chi connectivity index (χ2v) is 5.63. The molecule has 0 aliphatic heterocycles. The van der Waals surface area contributed by atoms with Crippen LogP contribution in [-0.4, -0.2) is 17.6 Å². The summed E-state index contributed by atoms with van der Waals surface area (Å²) < 4.78 is 0. The first-order valence-corrected chi connectivity index (χ1v) is 6.99. The fourth-order valence-electron chi connectivity index (χ4n) is 2.36. The van der Waals surface area contributed by atoms with Crippen molar-refractivity contribution in [1.82, 2.24) is 5.32 Å². The SMILES string of the molecule is CC(C)C[C@@H](CN[C@H](C)c1ccccc1)CC(=O)O. The van der Waals surface area contributed by atoms with E-state index in [1.54, 1.807) is 0 Å². The zero-order valence-electron chi connectivity index (χ0n) is 12.1. The van der Waals surface area contributed by atoms with Crippen molar-refractivity contribution < 1.29 is 9.90 Å². The van der Waals surface area contributed by atoms with Gasteiger partial charge in [0.15, 0.2) is 0 Å². The number of carboxylic acids is 1. The highest BCUT2D eigenvalue weighted by atomic mass is 16.4. The van der Waals surface area contributed by atoms with E-state index in [2.05, 4.69) is 38.2 Å². The van der Waals surface area contributed by atoms with Crippen molar-refractivity contribution in [3.05, 3.63) is 35.9 Å². The van der Waals surface area contributed by atoms with E-state index in [0.717, 1.165) is 13.0 Å². The van der Waals surface area contributed by atoms with Gasteiger partial charge in [-0.05, 0) is 37.3 Å². The van der Waals surface area contributed by atoms with E-state index < -0.39 is 5.97 Å². The maximum absolute atomic E-state index is 10.9. The Balaban J connectivity index is 2.48. The Kier molecular flexibility index (Phi) is 6.57. The lowest BCUT2D eigenvalue weighted by Gasteiger charge is -2.21. The molecule has 0 heterocycles. The largest absolute Gasteiger partial charge is 0.481 e. The van der Waals surface area contributed by atoms with Crippen LogP contribution in [-0.2, 0) is 4.79 Å². The predicted octanol–water partition coefficient (Wildman–Crippen LogP) is 3.47. The summed E-state index contributed by atoms with van der Waals surface area (Å²) in [5.41, 5.74) is 1.24. The topological polar surface area (TPSA) is 49.3 Å². The molecule has 3 nitrogen and oxygen atoms in total. The molecule has 3 heteroatoms. The number of aliphatic carboxylic acids is 1. The van der Waals surface area contributed by atoms with E-state index in [0.29, 0.717) is 5.92 Å². The zero-order valence-corrected chi connectivity index (χ0v) is 12.1. The monoisotopic (exact) mass is 263 g/mol. The molecule has 1 rings (SSSR count). The summed E-state index contributed by atoms with van der Waals surface area (Å²) in [4.78, 5) is 10.9. The van der Waals surface area contributed by atoms with Gasteiger partial charge >= 0.3 is 5.97 Å². The molecule has 106 valence electrons. The van der Waals surface area contributed by atoms with Gasteiger partial charge in [0.05, 0.1) is 0 Å². The smallest absolute Gasteiger partial charge is 0.303 e. The third kappa shape index (κ3) is 6.39. The molecule has 0 saturated heterocycles. The van der Waals surface area contributed by atoms with E-state index >= 15 is 0 Å². The van der Waals surface area contributed by atoms with Gasteiger partial charge in [-0.2, -0.15) is 0 Å². The predicted molar refractivity (Wildman–Crippen MR) is 78.1 cm³/mol. The Morgan fingerprint density at radius 1 is 1.21 bits per heavy atom. The van der Waals surface area contributed by atoms with Gasteiger partial charge in [0.25, 0.3) is 0 Å². The fourth-order valence-corrected chi connectivity index (χ4v) is 2.36. The van der Waals surface area contributed by atoms with E-state index in [4.69, 9.17) is 5.11 Å². The van der Waals surface area contributed by atoms with Crippen LogP contribution in [0.1, 0.15) is 45.2 Å². The Morgan fingerprint density at radius 3 is 2.37 bits per heavy atom. The van der Waals surface area contributed by atoms with Crippen molar-refractivity contribution >= 4 is 5.97 Å². The van der Waals surface area contributed by atoms with Gasteiger partial charge in [0.1, 0.15) is 0 Å². The highest BCUT2D eigenvalue weighted by Crippen LogP contribution is 2.17.